The summed E-state index contributed by atoms with van der Waals surface area (Å²) < 4.78 is 0. The molecule has 4 atom stereocenters. The number of carbonyl (C=O) groups is 1. The Morgan fingerprint density at radius 1 is 1.10 bits per heavy atom. The van der Waals surface area contributed by atoms with Gasteiger partial charge in [-0.25, -0.2) is 19.9 Å². The van der Waals surface area contributed by atoms with Gasteiger partial charge in [-0.3, -0.25) is 4.79 Å². The van der Waals surface area contributed by atoms with Gasteiger partial charge in [-0.05, 0) is 31.2 Å². The number of hydrogen-bond donors (Lipinski definition) is 1. The number of rotatable bonds is 2. The topological polar surface area (TPSA) is 88.9 Å². The van der Waals surface area contributed by atoms with E-state index in [1.165, 1.54) is 11.9 Å². The molecule has 1 aromatic carbocycles. The summed E-state index contributed by atoms with van der Waals surface area (Å²) in [5, 5.41) is 9.70. The monoisotopic (exact) mass is 412 g/mol. The van der Waals surface area contributed by atoms with E-state index in [9.17, 15) is 9.90 Å². The Morgan fingerprint density at radius 3 is 2.55 bits per heavy atom. The van der Waals surface area contributed by atoms with E-state index in [-0.39, 0.29) is 29.5 Å². The van der Waals surface area contributed by atoms with Gasteiger partial charge in [0, 0.05) is 46.8 Å². The van der Waals surface area contributed by atoms with Crippen molar-refractivity contribution in [2.75, 3.05) is 0 Å². The van der Waals surface area contributed by atoms with Crippen molar-refractivity contribution in [1.29, 1.82) is 0 Å². The van der Waals surface area contributed by atoms with Crippen LogP contribution < -0.4 is 0 Å². The quantitative estimate of drug-likeness (QED) is 0.491. The Kier molecular flexibility index (Phi) is 4.85. The maximum Gasteiger partial charge on any atom is 0.165 e. The van der Waals surface area contributed by atoms with Crippen LogP contribution in [0.25, 0.3) is 11.3 Å². The smallest absolute Gasteiger partial charge is 0.165 e. The zero-order chi connectivity index (χ0) is 21.5. The molecule has 5 rings (SSSR count). The molecule has 0 amide bonds. The molecule has 2 aliphatic rings. The van der Waals surface area contributed by atoms with Crippen LogP contribution in [0, 0.1) is 18.8 Å². The molecule has 1 saturated carbocycles. The number of hydrogen-bond acceptors (Lipinski definition) is 6. The van der Waals surface area contributed by atoms with Gasteiger partial charge in [0.2, 0.25) is 0 Å². The molecule has 0 saturated heterocycles. The largest absolute Gasteiger partial charge is 0.515 e. The summed E-state index contributed by atoms with van der Waals surface area (Å²) in [6, 6.07) is 10.4. The van der Waals surface area contributed by atoms with Crippen molar-refractivity contribution in [2.24, 2.45) is 11.8 Å². The molecule has 156 valence electrons. The summed E-state index contributed by atoms with van der Waals surface area (Å²) in [4.78, 5) is 31.0. The van der Waals surface area contributed by atoms with E-state index in [4.69, 9.17) is 9.97 Å². The molecule has 0 spiro atoms. The number of aliphatic hydroxyl groups is 1. The van der Waals surface area contributed by atoms with Gasteiger partial charge < -0.3 is 5.11 Å². The number of aromatic nitrogens is 4. The number of nitrogens with zero attached hydrogens (tertiary/aromatic N) is 4. The van der Waals surface area contributed by atoms with Gasteiger partial charge in [-0.2, -0.15) is 0 Å². The van der Waals surface area contributed by atoms with E-state index in [0.29, 0.717) is 17.8 Å². The highest BCUT2D eigenvalue weighted by molar-refractivity contribution is 5.98. The Hall–Kier alpha value is -3.41. The maximum absolute atomic E-state index is 12.8. The first kappa shape index (κ1) is 19.5. The normalized spacial score (nSPS) is 26.4. The molecule has 0 aliphatic heterocycles. The predicted octanol–water partition coefficient (Wildman–Crippen LogP) is 4.53. The molecule has 31 heavy (non-hydrogen) atoms. The van der Waals surface area contributed by atoms with E-state index in [1.54, 1.807) is 12.4 Å². The van der Waals surface area contributed by atoms with Crippen molar-refractivity contribution in [3.8, 4) is 11.3 Å². The molecule has 3 aromatic rings. The minimum absolute atomic E-state index is 0.0430. The highest BCUT2D eigenvalue weighted by Crippen LogP contribution is 2.54. The molecule has 6 nitrogen and oxygen atoms in total. The lowest BCUT2D eigenvalue weighted by Gasteiger charge is -2.44. The van der Waals surface area contributed by atoms with Gasteiger partial charge in [0.05, 0.1) is 17.6 Å². The first-order valence-electron chi connectivity index (χ1n) is 10.6. The molecule has 2 aliphatic carbocycles. The van der Waals surface area contributed by atoms with E-state index in [1.807, 2.05) is 32.0 Å². The number of aryl methyl sites for hydroxylation is 1. The zero-order valence-corrected chi connectivity index (χ0v) is 17.6. The van der Waals surface area contributed by atoms with Crippen molar-refractivity contribution < 1.29 is 9.90 Å². The third-order valence-corrected chi connectivity index (χ3v) is 6.82. The van der Waals surface area contributed by atoms with Crippen LogP contribution in [0.5, 0.6) is 0 Å². The Bertz CT molecular complexity index is 1160. The summed E-state index contributed by atoms with van der Waals surface area (Å²) in [6.07, 6.45) is 7.41. The van der Waals surface area contributed by atoms with Crippen LogP contribution in [0.15, 0.2) is 60.9 Å². The predicted molar refractivity (Wildman–Crippen MR) is 116 cm³/mol. The van der Waals surface area contributed by atoms with Crippen molar-refractivity contribution in [1.82, 2.24) is 19.9 Å². The average molecular weight is 412 g/mol. The van der Waals surface area contributed by atoms with Crippen LogP contribution in [0.4, 0.5) is 0 Å². The highest BCUT2D eigenvalue weighted by atomic mass is 16.2. The lowest BCUT2D eigenvalue weighted by atomic mass is 9.60. The second-order valence-electron chi connectivity index (χ2n) is 8.53. The fourth-order valence-corrected chi connectivity index (χ4v) is 5.36. The van der Waals surface area contributed by atoms with Gasteiger partial charge >= 0.3 is 0 Å². The SMILES string of the molecule is Cc1nc(-c2cncnc2)c2c(n1)[C@H]1C/C(=C/O)C(=O)[C@@H](C)[C@H]1CC2c1ccccc1. The van der Waals surface area contributed by atoms with Crippen molar-refractivity contribution in [2.45, 2.75) is 38.5 Å². The zero-order valence-electron chi connectivity index (χ0n) is 17.6. The van der Waals surface area contributed by atoms with Crippen LogP contribution >= 0.6 is 0 Å². The summed E-state index contributed by atoms with van der Waals surface area (Å²) in [6.45, 7) is 3.88. The number of Topliss-reactive ketones (excluding diaryl/α,β-unsaturated/α-hetero) is 1. The third-order valence-electron chi connectivity index (χ3n) is 6.82. The standard InChI is InChI=1S/C25H24N4O2/c1-14-19-9-20(16-6-4-3-5-7-16)22-23(18-10-26-13-27-11-18)28-15(2)29-24(22)21(19)8-17(12-30)25(14)31/h3-7,10-14,19-21,30H,8-9H2,1-2H3/b17-12-/t14-,19+,20?,21-/m0/s1. The van der Waals surface area contributed by atoms with Crippen LogP contribution in [0.2, 0.25) is 0 Å². The molecule has 0 bridgehead atoms. The van der Waals surface area contributed by atoms with Gasteiger partial charge in [0.15, 0.2) is 5.78 Å². The van der Waals surface area contributed by atoms with Crippen molar-refractivity contribution in [3.05, 3.63) is 83.5 Å². The van der Waals surface area contributed by atoms with Crippen LogP contribution in [0.1, 0.15) is 54.2 Å². The number of allylic oxidation sites excluding steroid dienone is 1. The molecule has 2 aromatic heterocycles. The average Bonchev–Trinajstić information content (AvgIpc) is 2.81. The van der Waals surface area contributed by atoms with E-state index < -0.39 is 0 Å². The fourth-order valence-electron chi connectivity index (χ4n) is 5.36. The molecule has 1 N–H and O–H groups in total. The lowest BCUT2D eigenvalue weighted by molar-refractivity contribution is -0.122. The summed E-state index contributed by atoms with van der Waals surface area (Å²) >= 11 is 0. The molecule has 2 heterocycles. The van der Waals surface area contributed by atoms with Crippen molar-refractivity contribution >= 4 is 5.78 Å². The minimum Gasteiger partial charge on any atom is -0.515 e. The second kappa shape index (κ2) is 7.69. The van der Waals surface area contributed by atoms with E-state index in [0.717, 1.165) is 35.2 Å². The molecular weight excluding hydrogens is 388 g/mol. The number of benzene rings is 1. The van der Waals surface area contributed by atoms with Crippen LogP contribution in [0.3, 0.4) is 0 Å². The number of ketones is 1. The highest BCUT2D eigenvalue weighted by Gasteiger charge is 2.47. The van der Waals surface area contributed by atoms with Crippen LogP contribution in [-0.4, -0.2) is 30.8 Å². The maximum atomic E-state index is 12.8. The summed E-state index contributed by atoms with van der Waals surface area (Å²) in [7, 11) is 0. The van der Waals surface area contributed by atoms with E-state index in [2.05, 4.69) is 22.1 Å². The molecule has 6 heteroatoms. The number of carbonyl (C=O) groups excluding carboxylic acids is 1. The van der Waals surface area contributed by atoms with E-state index >= 15 is 0 Å². The first-order valence-corrected chi connectivity index (χ1v) is 10.6. The molecular formula is C25H24N4O2. The molecule has 1 unspecified atom stereocenters. The summed E-state index contributed by atoms with van der Waals surface area (Å²) in [5.41, 5.74) is 5.47. The van der Waals surface area contributed by atoms with Gasteiger partial charge in [0.1, 0.15) is 12.2 Å². The van der Waals surface area contributed by atoms with Gasteiger partial charge in [-0.15, -0.1) is 0 Å². The van der Waals surface area contributed by atoms with Gasteiger partial charge in [0.25, 0.3) is 0 Å². The second-order valence-corrected chi connectivity index (χ2v) is 8.53. The Morgan fingerprint density at radius 2 is 1.84 bits per heavy atom. The van der Waals surface area contributed by atoms with Crippen LogP contribution in [-0.2, 0) is 4.79 Å². The Balaban J connectivity index is 1.77. The fraction of sp³-hybridized carbons (Fsp3) is 0.320. The number of aliphatic hydroxyl groups excluding tert-OH is 1. The summed E-state index contributed by atoms with van der Waals surface area (Å²) in [5.74, 6) is 0.846. The molecule has 0 radical (unpaired) electrons. The lowest BCUT2D eigenvalue weighted by Crippen LogP contribution is -2.39. The minimum atomic E-state index is -0.171. The molecule has 1 fully saturated rings. The third kappa shape index (κ3) is 3.23. The first-order chi connectivity index (χ1) is 15.1. The van der Waals surface area contributed by atoms with Crippen molar-refractivity contribution in [3.63, 3.8) is 0 Å². The van der Waals surface area contributed by atoms with Gasteiger partial charge in [-0.1, -0.05) is 37.3 Å². The Labute approximate surface area is 181 Å². The number of fused-ring (bicyclic) bond motifs is 3.